The summed E-state index contributed by atoms with van der Waals surface area (Å²) in [5.74, 6) is -6.27. The number of aliphatic hydroxyl groups is 3. The summed E-state index contributed by atoms with van der Waals surface area (Å²) < 4.78 is 42.3. The molecule has 5 aliphatic rings. The van der Waals surface area contributed by atoms with Crippen molar-refractivity contribution in [3.05, 3.63) is 82.0 Å². The molecule has 352 valence electrons. The molecule has 7 rings (SSSR count). The van der Waals surface area contributed by atoms with Gasteiger partial charge < -0.3 is 63.8 Å². The van der Waals surface area contributed by atoms with E-state index in [1.807, 2.05) is 19.0 Å². The minimum absolute atomic E-state index is 0.0181. The number of carbonyl (C=O) groups is 3. The van der Waals surface area contributed by atoms with Gasteiger partial charge in [0, 0.05) is 85.6 Å². The zero-order valence-electron chi connectivity index (χ0n) is 38.9. The van der Waals surface area contributed by atoms with Gasteiger partial charge in [0.05, 0.1) is 42.9 Å². The van der Waals surface area contributed by atoms with Crippen LogP contribution < -0.4 is 24.3 Å². The van der Waals surface area contributed by atoms with Crippen LogP contribution in [-0.2, 0) is 23.8 Å². The number of likely N-dealkylation sites (N-methyl/N-ethyl adjacent to an activating group) is 1. The Balaban J connectivity index is 1.55. The van der Waals surface area contributed by atoms with Gasteiger partial charge in [-0.05, 0) is 34.0 Å². The molecule has 5 N–H and O–H groups in total. The number of Topliss-reactive ketones (excluding diaryl/α,β-unsaturated/α-hetero) is 1. The topological polar surface area (TPSA) is 224 Å². The molecule has 2 aromatic rings. The summed E-state index contributed by atoms with van der Waals surface area (Å²) in [6.45, 7) is 13.6. The standard InChI is InChI=1S/C48H61N3O14/c1-22-14-13-15-23(2)47(58)50-38-42(56)34-33(37-45(38)64-32-21-29(61-19-17-51(9)10)20-31(60-12)36(32)49-37)35-44(27(6)41(34)55)65-48(8,46(35)57)62-18-16-30(59-11)24(3)43(63-28(7)52)26(5)40(54)25(4)39(22)53/h13-16,18,20-22,24-26,30,39-40,42-43,53-56H,17,19H2,1-12H3,(H,50,58)/b14-13+,18-16+,23-15-/t22-,24+,25+,26+,30-,39-,40+,42?,43+,48-/m0/s1. The van der Waals surface area contributed by atoms with Gasteiger partial charge in [0.15, 0.2) is 17.3 Å². The lowest BCUT2D eigenvalue weighted by molar-refractivity contribution is -0.160. The molecule has 2 aromatic carbocycles. The number of ketones is 1. The molecular formula is C48H61N3O14. The summed E-state index contributed by atoms with van der Waals surface area (Å²) in [6.07, 6.45) is 1.87. The second-order valence-electron chi connectivity index (χ2n) is 17.5. The molecule has 4 aliphatic heterocycles. The van der Waals surface area contributed by atoms with E-state index < -0.39 is 83.4 Å². The Hall–Kier alpha value is -5.72. The highest BCUT2D eigenvalue weighted by atomic mass is 16.7. The van der Waals surface area contributed by atoms with Gasteiger partial charge in [0.2, 0.25) is 0 Å². The normalized spacial score (nSPS) is 30.9. The molecule has 10 atom stereocenters. The number of fused-ring (bicyclic) bond motifs is 14. The minimum Gasteiger partial charge on any atom is -0.507 e. The average Bonchev–Trinajstić information content (AvgIpc) is 3.53. The number of esters is 1. The maximum Gasteiger partial charge on any atom is 0.312 e. The van der Waals surface area contributed by atoms with E-state index in [0.29, 0.717) is 18.9 Å². The van der Waals surface area contributed by atoms with Crippen LogP contribution in [0.25, 0.3) is 0 Å². The number of aliphatic hydroxyl groups excluding tert-OH is 3. The van der Waals surface area contributed by atoms with Gasteiger partial charge in [-0.3, -0.25) is 14.4 Å². The van der Waals surface area contributed by atoms with Crippen molar-refractivity contribution in [1.29, 1.82) is 0 Å². The molecule has 0 aromatic heterocycles. The Morgan fingerprint density at radius 2 is 1.69 bits per heavy atom. The number of phenols is 1. The van der Waals surface area contributed by atoms with Crippen molar-refractivity contribution < 1.29 is 68.0 Å². The second-order valence-corrected chi connectivity index (χ2v) is 17.5. The molecule has 1 aliphatic carbocycles. The SMILES string of the molecule is COc1cc(OCCN(C)C)cc2c1N=C1C(=C3NC(=O)/C(C)=C\C=C\[C@H](C)[C@H](O)[C@@H](C)[C@@H](O)[C@@H](C)[C@H](OC(C)=O)[C@H](C)[C@@H](OC)/C=C/O[C@@]4(C)Oc5c(C)c(O)c(c1c5C4=O)C3O)O2. The van der Waals surface area contributed by atoms with Gasteiger partial charge in [-0.1, -0.05) is 45.9 Å². The molecule has 0 fully saturated rings. The number of hydrogen-bond acceptors (Lipinski definition) is 16. The molecule has 5 bridgehead atoms. The van der Waals surface area contributed by atoms with Gasteiger partial charge in [-0.25, -0.2) is 4.99 Å². The number of ether oxygens (including phenoxy) is 7. The third-order valence-electron chi connectivity index (χ3n) is 12.6. The van der Waals surface area contributed by atoms with Gasteiger partial charge in [0.1, 0.15) is 47.5 Å². The maximum atomic E-state index is 14.8. The fourth-order valence-electron chi connectivity index (χ4n) is 8.59. The van der Waals surface area contributed by atoms with Crippen LogP contribution in [-0.4, -0.2) is 120 Å². The Morgan fingerprint density at radius 3 is 2.34 bits per heavy atom. The van der Waals surface area contributed by atoms with E-state index in [1.165, 1.54) is 53.4 Å². The van der Waals surface area contributed by atoms with Crippen LogP contribution in [0.2, 0.25) is 0 Å². The highest BCUT2D eigenvalue weighted by Crippen LogP contribution is 2.54. The molecule has 0 radical (unpaired) electrons. The first-order valence-corrected chi connectivity index (χ1v) is 21.5. The number of carbonyl (C=O) groups excluding carboxylic acids is 3. The first-order valence-electron chi connectivity index (χ1n) is 21.5. The summed E-state index contributed by atoms with van der Waals surface area (Å²) in [6, 6.07) is 3.23. The van der Waals surface area contributed by atoms with E-state index >= 15 is 0 Å². The van der Waals surface area contributed by atoms with Crippen LogP contribution in [0.4, 0.5) is 5.69 Å². The third-order valence-corrected chi connectivity index (χ3v) is 12.6. The number of methoxy groups -OCH3 is 2. The number of amides is 1. The summed E-state index contributed by atoms with van der Waals surface area (Å²) in [4.78, 5) is 48.2. The lowest BCUT2D eigenvalue weighted by Crippen LogP contribution is -2.46. The van der Waals surface area contributed by atoms with Gasteiger partial charge in [-0.15, -0.1) is 0 Å². The molecule has 0 saturated heterocycles. The van der Waals surface area contributed by atoms with Crippen molar-refractivity contribution in [2.75, 3.05) is 41.5 Å². The smallest absolute Gasteiger partial charge is 0.312 e. The summed E-state index contributed by atoms with van der Waals surface area (Å²) in [5, 5.41) is 50.0. The summed E-state index contributed by atoms with van der Waals surface area (Å²) in [5.41, 5.74) is 0.0603. The van der Waals surface area contributed by atoms with Gasteiger partial charge >= 0.3 is 11.8 Å². The van der Waals surface area contributed by atoms with Crippen LogP contribution in [0.5, 0.6) is 28.7 Å². The lowest BCUT2D eigenvalue weighted by atomic mass is 9.78. The minimum atomic E-state index is -2.04. The molecular weight excluding hydrogens is 843 g/mol. The van der Waals surface area contributed by atoms with Crippen molar-refractivity contribution in [2.24, 2.45) is 28.7 Å². The maximum absolute atomic E-state index is 14.8. The molecule has 1 amide bonds. The van der Waals surface area contributed by atoms with E-state index in [0.717, 1.165) is 0 Å². The molecule has 65 heavy (non-hydrogen) atoms. The molecule has 0 saturated carbocycles. The average molecular weight is 904 g/mol. The number of rotatable bonds is 7. The van der Waals surface area contributed by atoms with Crippen LogP contribution in [0.3, 0.4) is 0 Å². The summed E-state index contributed by atoms with van der Waals surface area (Å²) in [7, 11) is 6.72. The fourth-order valence-corrected chi connectivity index (χ4v) is 8.59. The van der Waals surface area contributed by atoms with Crippen LogP contribution >= 0.6 is 0 Å². The first kappa shape index (κ1) is 48.7. The monoisotopic (exact) mass is 903 g/mol. The lowest BCUT2D eigenvalue weighted by Gasteiger charge is -2.38. The zero-order chi connectivity index (χ0) is 47.8. The number of allylic oxidation sites excluding steroid dienone is 3. The van der Waals surface area contributed by atoms with Crippen LogP contribution in [0.1, 0.15) is 81.6 Å². The largest absolute Gasteiger partial charge is 0.507 e. The number of aromatic hydroxyl groups is 1. The Labute approximate surface area is 379 Å². The number of nitrogens with one attached hydrogen (secondary N) is 1. The van der Waals surface area contributed by atoms with Gasteiger partial charge in [-0.2, -0.15) is 0 Å². The first-order chi connectivity index (χ1) is 30.6. The molecule has 17 heteroatoms. The molecule has 0 spiro atoms. The highest BCUT2D eigenvalue weighted by Gasteiger charge is 2.53. The predicted molar refractivity (Wildman–Crippen MR) is 238 cm³/mol. The van der Waals surface area contributed by atoms with E-state index in [1.54, 1.807) is 58.9 Å². The number of hydrogen-bond donors (Lipinski definition) is 5. The van der Waals surface area contributed by atoms with Crippen molar-refractivity contribution in [1.82, 2.24) is 10.2 Å². The van der Waals surface area contributed by atoms with Crippen molar-refractivity contribution in [3.63, 3.8) is 0 Å². The second kappa shape index (κ2) is 19.4. The van der Waals surface area contributed by atoms with Crippen LogP contribution in [0, 0.1) is 30.6 Å². The number of aliphatic imine (C=N–C) groups is 1. The van der Waals surface area contributed by atoms with E-state index in [2.05, 4.69) is 5.32 Å². The van der Waals surface area contributed by atoms with Gasteiger partial charge in [0.25, 0.3) is 11.7 Å². The number of benzene rings is 2. The Morgan fingerprint density at radius 1 is 0.985 bits per heavy atom. The number of nitrogens with zero attached hydrogens (tertiary/aromatic N) is 2. The van der Waals surface area contributed by atoms with Crippen molar-refractivity contribution in [3.8, 4) is 28.7 Å². The molecule has 1 unspecified atom stereocenters. The van der Waals surface area contributed by atoms with E-state index in [-0.39, 0.29) is 67.9 Å². The van der Waals surface area contributed by atoms with Crippen molar-refractivity contribution in [2.45, 2.75) is 91.7 Å². The molecule has 4 heterocycles. The molecule has 17 nitrogen and oxygen atoms in total. The quantitative estimate of drug-likeness (QED) is 0.228. The highest BCUT2D eigenvalue weighted by molar-refractivity contribution is 6.25. The van der Waals surface area contributed by atoms with E-state index in [4.69, 9.17) is 38.2 Å². The summed E-state index contributed by atoms with van der Waals surface area (Å²) >= 11 is 0. The fraction of sp³-hybridized carbons (Fsp3) is 0.500. The Kier molecular flexibility index (Phi) is 14.5. The predicted octanol–water partition coefficient (Wildman–Crippen LogP) is 5.09. The van der Waals surface area contributed by atoms with Crippen molar-refractivity contribution >= 4 is 29.1 Å². The third kappa shape index (κ3) is 9.38. The van der Waals surface area contributed by atoms with Crippen LogP contribution in [0.15, 0.2) is 64.7 Å². The van der Waals surface area contributed by atoms with E-state index in [9.17, 15) is 34.8 Å². The number of phenolic OH excluding ortho intramolecular Hbond substituents is 1. The Bertz CT molecular complexity index is 2370. The zero-order valence-corrected chi connectivity index (χ0v) is 38.9.